The molecule has 0 saturated carbocycles. The van der Waals surface area contributed by atoms with Crippen molar-refractivity contribution in [2.24, 2.45) is 0 Å². The van der Waals surface area contributed by atoms with Crippen LogP contribution in [0.5, 0.6) is 0 Å². The lowest BCUT2D eigenvalue weighted by Gasteiger charge is -2.25. The molecule has 14 heavy (non-hydrogen) atoms. The smallest absolute Gasteiger partial charge is 0.109 e. The fourth-order valence-corrected chi connectivity index (χ4v) is 2.57. The summed E-state index contributed by atoms with van der Waals surface area (Å²) in [5.41, 5.74) is 5.29. The van der Waals surface area contributed by atoms with Gasteiger partial charge < -0.3 is 0 Å². The van der Waals surface area contributed by atoms with E-state index in [0.717, 1.165) is 10.3 Å². The van der Waals surface area contributed by atoms with E-state index in [1.54, 1.807) is 0 Å². The van der Waals surface area contributed by atoms with Crippen molar-refractivity contribution in [2.45, 2.75) is 47.0 Å². The maximum Gasteiger partial charge on any atom is 0.109 e. The van der Waals surface area contributed by atoms with Crippen LogP contribution in [0.3, 0.4) is 0 Å². The van der Waals surface area contributed by atoms with E-state index >= 15 is 0 Å². The maximum absolute atomic E-state index is 4.52. The fraction of sp³-hybridized carbons (Fsp3) is 0.583. The number of rotatable bonds is 0. The SMILES string of the molecule is Cc1nc(Br)c(C)c(C)c1C(C)(C)C. The standard InChI is InChI=1S/C12H18BrN/c1-7-8(2)11(13)14-9(3)10(7)12(4,5)6/h1-6H3. The molecule has 0 fully saturated rings. The average Bonchev–Trinajstić information content (AvgIpc) is 1.97. The Hall–Kier alpha value is -0.370. The molecule has 0 amide bonds. The van der Waals surface area contributed by atoms with Gasteiger partial charge in [0.2, 0.25) is 0 Å². The van der Waals surface area contributed by atoms with E-state index in [-0.39, 0.29) is 5.41 Å². The van der Waals surface area contributed by atoms with Gasteiger partial charge in [-0.2, -0.15) is 0 Å². The minimum atomic E-state index is 0.173. The summed E-state index contributed by atoms with van der Waals surface area (Å²) in [6.45, 7) is 13.1. The Morgan fingerprint density at radius 3 is 1.93 bits per heavy atom. The molecule has 78 valence electrons. The third-order valence-corrected chi connectivity index (χ3v) is 3.40. The average molecular weight is 256 g/mol. The Bertz CT molecular complexity index is 362. The van der Waals surface area contributed by atoms with Gasteiger partial charge in [-0.3, -0.25) is 0 Å². The molecule has 0 radical (unpaired) electrons. The molecular weight excluding hydrogens is 238 g/mol. The van der Waals surface area contributed by atoms with Crippen LogP contribution >= 0.6 is 15.9 Å². The number of hydrogen-bond donors (Lipinski definition) is 0. The Kier molecular flexibility index (Phi) is 3.05. The van der Waals surface area contributed by atoms with Gasteiger partial charge in [-0.05, 0) is 58.8 Å². The zero-order valence-electron chi connectivity index (χ0n) is 9.83. The van der Waals surface area contributed by atoms with Crippen LogP contribution in [0.15, 0.2) is 4.60 Å². The Morgan fingerprint density at radius 1 is 1.00 bits per heavy atom. The van der Waals surface area contributed by atoms with Gasteiger partial charge in [0.1, 0.15) is 4.60 Å². The molecular formula is C12H18BrN. The van der Waals surface area contributed by atoms with Gasteiger partial charge in [-0.25, -0.2) is 4.98 Å². The molecule has 0 spiro atoms. The lowest BCUT2D eigenvalue weighted by Crippen LogP contribution is -2.17. The van der Waals surface area contributed by atoms with E-state index < -0.39 is 0 Å². The quantitative estimate of drug-likeness (QED) is 0.638. The summed E-state index contributed by atoms with van der Waals surface area (Å²) >= 11 is 3.49. The molecule has 1 aromatic rings. The summed E-state index contributed by atoms with van der Waals surface area (Å²) in [5, 5.41) is 0. The summed E-state index contributed by atoms with van der Waals surface area (Å²) in [7, 11) is 0. The summed E-state index contributed by atoms with van der Waals surface area (Å²) in [5.74, 6) is 0. The summed E-state index contributed by atoms with van der Waals surface area (Å²) in [6, 6.07) is 0. The predicted octanol–water partition coefficient (Wildman–Crippen LogP) is 4.07. The molecule has 0 unspecified atom stereocenters. The number of pyridine rings is 1. The van der Waals surface area contributed by atoms with Crippen molar-refractivity contribution in [2.75, 3.05) is 0 Å². The van der Waals surface area contributed by atoms with E-state index in [9.17, 15) is 0 Å². The van der Waals surface area contributed by atoms with Crippen LogP contribution in [0.4, 0.5) is 0 Å². The number of hydrogen-bond acceptors (Lipinski definition) is 1. The van der Waals surface area contributed by atoms with Gasteiger partial charge in [-0.1, -0.05) is 20.8 Å². The lowest BCUT2D eigenvalue weighted by molar-refractivity contribution is 0.576. The molecule has 2 heteroatoms. The van der Waals surface area contributed by atoms with Crippen molar-refractivity contribution >= 4 is 15.9 Å². The molecule has 0 aromatic carbocycles. The molecule has 0 aliphatic rings. The second kappa shape index (κ2) is 3.65. The largest absolute Gasteiger partial charge is 0.246 e. The van der Waals surface area contributed by atoms with Crippen molar-refractivity contribution in [3.63, 3.8) is 0 Å². The van der Waals surface area contributed by atoms with E-state index in [1.165, 1.54) is 16.7 Å². The van der Waals surface area contributed by atoms with Crippen LogP contribution in [-0.4, -0.2) is 4.98 Å². The zero-order chi connectivity index (χ0) is 11.1. The monoisotopic (exact) mass is 255 g/mol. The summed E-state index contributed by atoms with van der Waals surface area (Å²) < 4.78 is 0.973. The second-order valence-electron chi connectivity index (χ2n) is 4.86. The highest BCUT2D eigenvalue weighted by atomic mass is 79.9. The first-order chi connectivity index (χ1) is 6.25. The highest BCUT2D eigenvalue weighted by Gasteiger charge is 2.21. The molecule has 0 atom stereocenters. The number of aromatic nitrogens is 1. The molecule has 1 heterocycles. The topological polar surface area (TPSA) is 12.9 Å². The molecule has 0 aliphatic carbocycles. The summed E-state index contributed by atoms with van der Waals surface area (Å²) in [4.78, 5) is 4.52. The van der Waals surface area contributed by atoms with Crippen LogP contribution in [0, 0.1) is 20.8 Å². The van der Waals surface area contributed by atoms with Crippen molar-refractivity contribution in [1.82, 2.24) is 4.98 Å². The van der Waals surface area contributed by atoms with E-state index in [4.69, 9.17) is 0 Å². The van der Waals surface area contributed by atoms with Crippen molar-refractivity contribution in [1.29, 1.82) is 0 Å². The van der Waals surface area contributed by atoms with Gasteiger partial charge in [0, 0.05) is 5.69 Å². The maximum atomic E-state index is 4.52. The van der Waals surface area contributed by atoms with Gasteiger partial charge in [0.25, 0.3) is 0 Å². The van der Waals surface area contributed by atoms with Crippen LogP contribution in [0.25, 0.3) is 0 Å². The molecule has 1 aromatic heterocycles. The molecule has 0 bridgehead atoms. The molecule has 1 nitrogen and oxygen atoms in total. The fourth-order valence-electron chi connectivity index (χ4n) is 2.01. The highest BCUT2D eigenvalue weighted by Crippen LogP contribution is 2.31. The molecule has 0 N–H and O–H groups in total. The van der Waals surface area contributed by atoms with E-state index in [1.807, 2.05) is 0 Å². The lowest BCUT2D eigenvalue weighted by atomic mass is 9.82. The Labute approximate surface area is 95.1 Å². The zero-order valence-corrected chi connectivity index (χ0v) is 11.4. The Balaban J connectivity index is 3.53. The van der Waals surface area contributed by atoms with Gasteiger partial charge in [0.15, 0.2) is 0 Å². The first-order valence-corrected chi connectivity index (χ1v) is 5.68. The van der Waals surface area contributed by atoms with Crippen molar-refractivity contribution in [3.05, 3.63) is 27.0 Å². The molecule has 1 rings (SSSR count). The van der Waals surface area contributed by atoms with Crippen LogP contribution in [-0.2, 0) is 5.41 Å². The van der Waals surface area contributed by atoms with Gasteiger partial charge in [0.05, 0.1) is 0 Å². The number of aryl methyl sites for hydroxylation is 1. The van der Waals surface area contributed by atoms with Crippen molar-refractivity contribution in [3.8, 4) is 0 Å². The molecule has 0 aliphatic heterocycles. The van der Waals surface area contributed by atoms with E-state index in [0.29, 0.717) is 0 Å². The van der Waals surface area contributed by atoms with Crippen LogP contribution < -0.4 is 0 Å². The first kappa shape index (κ1) is 11.7. The normalized spacial score (nSPS) is 11.9. The number of nitrogens with zero attached hydrogens (tertiary/aromatic N) is 1. The highest BCUT2D eigenvalue weighted by molar-refractivity contribution is 9.10. The molecule has 0 saturated heterocycles. The van der Waals surface area contributed by atoms with Crippen molar-refractivity contribution < 1.29 is 0 Å². The second-order valence-corrected chi connectivity index (χ2v) is 5.61. The number of halogens is 1. The minimum absolute atomic E-state index is 0.173. The Morgan fingerprint density at radius 2 is 1.50 bits per heavy atom. The first-order valence-electron chi connectivity index (χ1n) is 4.89. The van der Waals surface area contributed by atoms with E-state index in [2.05, 4.69) is 62.5 Å². The van der Waals surface area contributed by atoms with Gasteiger partial charge >= 0.3 is 0 Å². The van der Waals surface area contributed by atoms with Crippen LogP contribution in [0.2, 0.25) is 0 Å². The predicted molar refractivity (Wildman–Crippen MR) is 64.8 cm³/mol. The van der Waals surface area contributed by atoms with Gasteiger partial charge in [-0.15, -0.1) is 0 Å². The minimum Gasteiger partial charge on any atom is -0.246 e. The van der Waals surface area contributed by atoms with Crippen LogP contribution in [0.1, 0.15) is 43.2 Å². The third kappa shape index (κ3) is 2.00. The summed E-state index contributed by atoms with van der Waals surface area (Å²) in [6.07, 6.45) is 0. The third-order valence-electron chi connectivity index (χ3n) is 2.62.